The van der Waals surface area contributed by atoms with Crippen LogP contribution in [-0.2, 0) is 20.1 Å². The van der Waals surface area contributed by atoms with Crippen molar-refractivity contribution in [3.05, 3.63) is 79.2 Å². The summed E-state index contributed by atoms with van der Waals surface area (Å²) < 4.78 is 8.36. The summed E-state index contributed by atoms with van der Waals surface area (Å²) in [5.41, 5.74) is 0.0296. The predicted octanol–water partition coefficient (Wildman–Crippen LogP) is 2.18. The van der Waals surface area contributed by atoms with E-state index in [0.717, 1.165) is 5.56 Å². The van der Waals surface area contributed by atoms with Crippen LogP contribution in [-0.4, -0.2) is 41.9 Å². The van der Waals surface area contributed by atoms with E-state index in [0.29, 0.717) is 28.3 Å². The predicted molar refractivity (Wildman–Crippen MR) is 125 cm³/mol. The van der Waals surface area contributed by atoms with Gasteiger partial charge in [0.05, 0.1) is 11.6 Å². The monoisotopic (exact) mass is 490 g/mol. The Balaban J connectivity index is 1.61. The Morgan fingerprint density at radius 3 is 2.82 bits per heavy atom. The summed E-state index contributed by atoms with van der Waals surface area (Å²) in [6, 6.07) is 8.45. The summed E-state index contributed by atoms with van der Waals surface area (Å²) in [6.45, 7) is 0.237. The SMILES string of the molecule is Cn1c(=O)[nH]c(=O)c2c1nc(NCc1cccnc1)n2C[C@@H](O)COc1ccc(Cl)cc1Cl. The molecule has 0 fully saturated rings. The molecule has 0 aliphatic carbocycles. The summed E-state index contributed by atoms with van der Waals surface area (Å²) in [4.78, 5) is 35.4. The number of aliphatic hydroxyl groups excluding tert-OH is 1. The minimum atomic E-state index is -1.02. The average molecular weight is 491 g/mol. The first-order chi connectivity index (χ1) is 15.8. The molecule has 0 spiro atoms. The zero-order valence-corrected chi connectivity index (χ0v) is 19.0. The van der Waals surface area contributed by atoms with E-state index in [4.69, 9.17) is 27.9 Å². The lowest BCUT2D eigenvalue weighted by molar-refractivity contribution is 0.0939. The number of hydrogen-bond donors (Lipinski definition) is 3. The van der Waals surface area contributed by atoms with E-state index in [1.54, 1.807) is 30.6 Å². The highest BCUT2D eigenvalue weighted by molar-refractivity contribution is 6.35. The molecular weight excluding hydrogens is 471 g/mol. The number of nitrogens with one attached hydrogen (secondary N) is 2. The minimum Gasteiger partial charge on any atom is -0.489 e. The first kappa shape index (κ1) is 22.8. The Labute approximate surface area is 197 Å². The highest BCUT2D eigenvalue weighted by Gasteiger charge is 2.20. The lowest BCUT2D eigenvalue weighted by atomic mass is 10.3. The number of fused-ring (bicyclic) bond motifs is 1. The van der Waals surface area contributed by atoms with Crippen molar-refractivity contribution < 1.29 is 9.84 Å². The zero-order chi connectivity index (χ0) is 23.5. The first-order valence-corrected chi connectivity index (χ1v) is 10.7. The van der Waals surface area contributed by atoms with Crippen LogP contribution in [0.2, 0.25) is 10.0 Å². The number of benzene rings is 1. The van der Waals surface area contributed by atoms with Crippen LogP contribution in [0.4, 0.5) is 5.95 Å². The van der Waals surface area contributed by atoms with Crippen LogP contribution in [0.3, 0.4) is 0 Å². The van der Waals surface area contributed by atoms with Gasteiger partial charge in [-0.15, -0.1) is 0 Å². The van der Waals surface area contributed by atoms with Crippen molar-refractivity contribution in [2.24, 2.45) is 7.05 Å². The third kappa shape index (κ3) is 5.03. The van der Waals surface area contributed by atoms with Crippen LogP contribution in [0.1, 0.15) is 5.56 Å². The molecule has 0 aliphatic rings. The molecule has 0 saturated carbocycles. The number of aliphatic hydroxyl groups is 1. The lowest BCUT2D eigenvalue weighted by Crippen LogP contribution is -2.31. The third-order valence-corrected chi connectivity index (χ3v) is 5.43. The van der Waals surface area contributed by atoms with Gasteiger partial charge in [0, 0.05) is 31.0 Å². The van der Waals surface area contributed by atoms with E-state index in [1.165, 1.54) is 22.2 Å². The van der Waals surface area contributed by atoms with Crippen molar-refractivity contribution in [1.82, 2.24) is 24.1 Å². The van der Waals surface area contributed by atoms with Gasteiger partial charge in [-0.3, -0.25) is 19.3 Å². The second-order valence-corrected chi connectivity index (χ2v) is 8.13. The van der Waals surface area contributed by atoms with Crippen LogP contribution >= 0.6 is 23.2 Å². The highest BCUT2D eigenvalue weighted by atomic mass is 35.5. The minimum absolute atomic E-state index is 0.0294. The van der Waals surface area contributed by atoms with Crippen molar-refractivity contribution >= 4 is 40.3 Å². The molecule has 1 aromatic carbocycles. The van der Waals surface area contributed by atoms with E-state index in [1.807, 2.05) is 6.07 Å². The molecule has 0 bridgehead atoms. The Morgan fingerprint density at radius 1 is 1.27 bits per heavy atom. The van der Waals surface area contributed by atoms with Crippen LogP contribution in [0, 0.1) is 0 Å². The van der Waals surface area contributed by atoms with Crippen molar-refractivity contribution in [3.8, 4) is 5.75 Å². The van der Waals surface area contributed by atoms with Gasteiger partial charge in [-0.1, -0.05) is 29.3 Å². The lowest BCUT2D eigenvalue weighted by Gasteiger charge is -2.16. The van der Waals surface area contributed by atoms with Gasteiger partial charge >= 0.3 is 5.69 Å². The smallest absolute Gasteiger partial charge is 0.329 e. The largest absolute Gasteiger partial charge is 0.489 e. The van der Waals surface area contributed by atoms with Crippen LogP contribution < -0.4 is 21.3 Å². The standard InChI is InChI=1S/C21H20Cl2N6O4/c1-28-18-17(19(31)27-21(28)32)29(20(26-18)25-9-12-3-2-6-24-8-12)10-14(30)11-33-16-5-4-13(22)7-15(16)23/h2-8,14,30H,9-11H2,1H3,(H,25,26)(H,27,31,32)/t14-/m1/s1. The molecule has 0 amide bonds. The van der Waals surface area contributed by atoms with E-state index < -0.39 is 17.4 Å². The first-order valence-electron chi connectivity index (χ1n) is 9.91. The number of pyridine rings is 1. The highest BCUT2D eigenvalue weighted by Crippen LogP contribution is 2.27. The summed E-state index contributed by atoms with van der Waals surface area (Å²) >= 11 is 12.0. The molecule has 4 aromatic rings. The van der Waals surface area contributed by atoms with Gasteiger partial charge in [0.25, 0.3) is 5.56 Å². The van der Waals surface area contributed by atoms with E-state index in [2.05, 4.69) is 20.3 Å². The van der Waals surface area contributed by atoms with Crippen molar-refractivity contribution in [2.75, 3.05) is 11.9 Å². The quantitative estimate of drug-likeness (QED) is 0.345. The molecule has 12 heteroatoms. The summed E-state index contributed by atoms with van der Waals surface area (Å²) in [6.07, 6.45) is 2.34. The molecular formula is C21H20Cl2N6O4. The van der Waals surface area contributed by atoms with E-state index in [9.17, 15) is 14.7 Å². The molecule has 0 aliphatic heterocycles. The van der Waals surface area contributed by atoms with Gasteiger partial charge in [-0.25, -0.2) is 4.79 Å². The maximum absolute atomic E-state index is 12.6. The number of ether oxygens (including phenoxy) is 1. The van der Waals surface area contributed by atoms with E-state index in [-0.39, 0.29) is 24.3 Å². The van der Waals surface area contributed by atoms with Gasteiger partial charge in [-0.05, 0) is 29.8 Å². The van der Waals surface area contributed by atoms with Gasteiger partial charge in [0.2, 0.25) is 5.95 Å². The number of aromatic amines is 1. The maximum atomic E-state index is 12.6. The molecule has 0 radical (unpaired) electrons. The molecule has 3 heterocycles. The number of halogens is 2. The van der Waals surface area contributed by atoms with Gasteiger partial charge < -0.3 is 19.7 Å². The molecule has 4 rings (SSSR count). The third-order valence-electron chi connectivity index (χ3n) is 4.90. The molecule has 0 saturated heterocycles. The number of nitrogens with zero attached hydrogens (tertiary/aromatic N) is 4. The number of aromatic nitrogens is 5. The topological polar surface area (TPSA) is 127 Å². The molecule has 3 aromatic heterocycles. The Morgan fingerprint density at radius 2 is 2.09 bits per heavy atom. The Hall–Kier alpha value is -3.34. The van der Waals surface area contributed by atoms with Crippen LogP contribution in [0.25, 0.3) is 11.2 Å². The number of aryl methyl sites for hydroxylation is 1. The summed E-state index contributed by atoms with van der Waals surface area (Å²) in [5, 5.41) is 14.6. The number of anilines is 1. The van der Waals surface area contributed by atoms with Gasteiger partial charge in [0.1, 0.15) is 18.5 Å². The Bertz CT molecular complexity index is 1400. The number of imidazole rings is 1. The fourth-order valence-corrected chi connectivity index (χ4v) is 3.74. The molecule has 33 heavy (non-hydrogen) atoms. The van der Waals surface area contributed by atoms with Gasteiger partial charge in [-0.2, -0.15) is 4.98 Å². The number of H-pyrrole nitrogens is 1. The zero-order valence-electron chi connectivity index (χ0n) is 17.5. The Kier molecular flexibility index (Phi) is 6.68. The van der Waals surface area contributed by atoms with Crippen LogP contribution in [0.15, 0.2) is 52.3 Å². The second-order valence-electron chi connectivity index (χ2n) is 7.29. The summed E-state index contributed by atoms with van der Waals surface area (Å²) in [7, 11) is 1.50. The van der Waals surface area contributed by atoms with Crippen molar-refractivity contribution in [1.29, 1.82) is 0 Å². The molecule has 172 valence electrons. The fraction of sp³-hybridized carbons (Fsp3) is 0.238. The van der Waals surface area contributed by atoms with Crippen LogP contribution in [0.5, 0.6) is 5.75 Å². The molecule has 0 unspecified atom stereocenters. The molecule has 10 nitrogen and oxygen atoms in total. The normalized spacial score (nSPS) is 12.1. The molecule has 3 N–H and O–H groups in total. The maximum Gasteiger partial charge on any atom is 0.329 e. The van der Waals surface area contributed by atoms with Crippen molar-refractivity contribution in [2.45, 2.75) is 19.2 Å². The van der Waals surface area contributed by atoms with Crippen molar-refractivity contribution in [3.63, 3.8) is 0 Å². The second kappa shape index (κ2) is 9.65. The molecule has 1 atom stereocenters. The number of hydrogen-bond acceptors (Lipinski definition) is 7. The summed E-state index contributed by atoms with van der Waals surface area (Å²) in [5.74, 6) is 0.676. The average Bonchev–Trinajstić information content (AvgIpc) is 3.15. The number of rotatable bonds is 8. The van der Waals surface area contributed by atoms with E-state index >= 15 is 0 Å². The van der Waals surface area contributed by atoms with Gasteiger partial charge in [0.15, 0.2) is 11.2 Å². The fourth-order valence-electron chi connectivity index (χ4n) is 3.27.